The average Bonchev–Trinajstić information content (AvgIpc) is 2.25. The van der Waals surface area contributed by atoms with Crippen LogP contribution in [0.25, 0.3) is 0 Å². The van der Waals surface area contributed by atoms with Crippen molar-refractivity contribution in [1.29, 1.82) is 0 Å². The summed E-state index contributed by atoms with van der Waals surface area (Å²) in [7, 11) is 1.62. The fourth-order valence-corrected chi connectivity index (χ4v) is 2.48. The number of hydrogen-bond donors (Lipinski definition) is 1. The molecule has 0 fully saturated rings. The van der Waals surface area contributed by atoms with Gasteiger partial charge < -0.3 is 9.84 Å². The summed E-state index contributed by atoms with van der Waals surface area (Å²) >= 11 is 0. The molecule has 0 aromatic heterocycles. The molecule has 1 aromatic carbocycles. The second kappa shape index (κ2) is 5.86. The molecule has 0 saturated heterocycles. The second-order valence-electron chi connectivity index (χ2n) is 7.23. The van der Waals surface area contributed by atoms with Gasteiger partial charge in [-0.3, -0.25) is 4.79 Å². The molecule has 0 aliphatic rings. The van der Waals surface area contributed by atoms with Gasteiger partial charge in [0.05, 0.1) is 13.5 Å². The van der Waals surface area contributed by atoms with Gasteiger partial charge in [0.25, 0.3) is 0 Å². The van der Waals surface area contributed by atoms with Crippen LogP contribution in [-0.4, -0.2) is 18.2 Å². The minimum Gasteiger partial charge on any atom is -0.496 e. The van der Waals surface area contributed by atoms with Crippen molar-refractivity contribution in [2.75, 3.05) is 7.11 Å². The smallest absolute Gasteiger partial charge is 0.304 e. The molecule has 1 N–H and O–H groups in total. The van der Waals surface area contributed by atoms with E-state index in [4.69, 9.17) is 9.84 Å². The first-order valence-corrected chi connectivity index (χ1v) is 6.94. The van der Waals surface area contributed by atoms with Crippen LogP contribution in [0.5, 0.6) is 5.75 Å². The third-order valence-electron chi connectivity index (χ3n) is 3.32. The Balaban J connectivity index is 3.21. The Kier molecular flexibility index (Phi) is 4.85. The molecule has 0 amide bonds. The van der Waals surface area contributed by atoms with Crippen molar-refractivity contribution in [2.24, 2.45) is 5.41 Å². The van der Waals surface area contributed by atoms with Gasteiger partial charge in [-0.25, -0.2) is 0 Å². The highest BCUT2D eigenvalue weighted by Gasteiger charge is 2.28. The number of carboxylic acid groups (broad SMARTS) is 1. The number of hydrogen-bond acceptors (Lipinski definition) is 2. The highest BCUT2D eigenvalue weighted by molar-refractivity contribution is 5.69. The van der Waals surface area contributed by atoms with E-state index in [9.17, 15) is 4.79 Å². The summed E-state index contributed by atoms with van der Waals surface area (Å²) < 4.78 is 5.41. The van der Waals surface area contributed by atoms with Gasteiger partial charge in [-0.05, 0) is 23.5 Å². The number of carbonyl (C=O) groups is 1. The zero-order valence-electron chi connectivity index (χ0n) is 13.4. The topological polar surface area (TPSA) is 46.5 Å². The van der Waals surface area contributed by atoms with Crippen LogP contribution in [-0.2, 0) is 16.6 Å². The minimum absolute atomic E-state index is 0.0856. The van der Waals surface area contributed by atoms with Gasteiger partial charge >= 0.3 is 5.97 Å². The fourth-order valence-electron chi connectivity index (χ4n) is 2.48. The van der Waals surface area contributed by atoms with Crippen molar-refractivity contribution < 1.29 is 14.6 Å². The number of rotatable bonds is 5. The lowest BCUT2D eigenvalue weighted by Gasteiger charge is -2.27. The molecule has 1 rings (SSSR count). The predicted octanol–water partition coefficient (Wildman–Crippen LogP) is 4.04. The van der Waals surface area contributed by atoms with E-state index in [1.54, 1.807) is 7.11 Å². The van der Waals surface area contributed by atoms with Crippen LogP contribution in [0.3, 0.4) is 0 Å². The van der Waals surface area contributed by atoms with E-state index < -0.39 is 11.4 Å². The summed E-state index contributed by atoms with van der Waals surface area (Å²) in [5.41, 5.74) is 1.92. The van der Waals surface area contributed by atoms with Gasteiger partial charge in [0.1, 0.15) is 5.75 Å². The molecule has 0 heterocycles. The van der Waals surface area contributed by atoms with Gasteiger partial charge in [-0.15, -0.1) is 0 Å². The molecule has 0 aliphatic carbocycles. The Bertz CT molecular complexity index is 481. The number of methoxy groups -OCH3 is 1. The summed E-state index contributed by atoms with van der Waals surface area (Å²) in [5, 5.41) is 9.09. The van der Waals surface area contributed by atoms with Crippen molar-refractivity contribution in [2.45, 2.75) is 52.9 Å². The van der Waals surface area contributed by atoms with E-state index >= 15 is 0 Å². The first-order valence-electron chi connectivity index (χ1n) is 6.94. The Morgan fingerprint density at radius 1 is 1.20 bits per heavy atom. The van der Waals surface area contributed by atoms with E-state index in [-0.39, 0.29) is 11.8 Å². The molecule has 3 heteroatoms. The molecule has 1 aromatic rings. The van der Waals surface area contributed by atoms with Crippen molar-refractivity contribution in [3.8, 4) is 5.75 Å². The van der Waals surface area contributed by atoms with Crippen LogP contribution in [0.1, 0.15) is 52.2 Å². The number of ether oxygens (including phenoxy) is 1. The first kappa shape index (κ1) is 16.5. The molecule has 0 atom stereocenters. The summed E-state index contributed by atoms with van der Waals surface area (Å²) in [6.45, 7) is 10.5. The maximum Gasteiger partial charge on any atom is 0.304 e. The molecule has 0 radical (unpaired) electrons. The molecular formula is C17H26O3. The van der Waals surface area contributed by atoms with Gasteiger partial charge in [-0.1, -0.05) is 46.8 Å². The van der Waals surface area contributed by atoms with Crippen molar-refractivity contribution >= 4 is 5.97 Å². The minimum atomic E-state index is -0.793. The maximum atomic E-state index is 11.1. The standard InChI is InChI=1S/C17H26O3/c1-16(2,3)10-12-7-8-14(20-6)13(9-12)17(4,5)11-15(18)19/h7-9H,10-11H2,1-6H3,(H,18,19). The second-order valence-corrected chi connectivity index (χ2v) is 7.23. The quantitative estimate of drug-likeness (QED) is 0.884. The van der Waals surface area contributed by atoms with Crippen LogP contribution in [0.2, 0.25) is 0 Å². The molecular weight excluding hydrogens is 252 g/mol. The lowest BCUT2D eigenvalue weighted by Crippen LogP contribution is -2.23. The molecule has 3 nitrogen and oxygen atoms in total. The lowest BCUT2D eigenvalue weighted by atomic mass is 9.79. The van der Waals surface area contributed by atoms with E-state index in [0.29, 0.717) is 0 Å². The number of carboxylic acids is 1. The van der Waals surface area contributed by atoms with E-state index in [2.05, 4.69) is 32.9 Å². The Morgan fingerprint density at radius 2 is 1.80 bits per heavy atom. The van der Waals surface area contributed by atoms with Crippen LogP contribution in [0, 0.1) is 5.41 Å². The monoisotopic (exact) mass is 278 g/mol. The lowest BCUT2D eigenvalue weighted by molar-refractivity contribution is -0.138. The molecule has 0 saturated carbocycles. The Labute approximate surface area is 122 Å². The third kappa shape index (κ3) is 4.55. The van der Waals surface area contributed by atoms with E-state index in [1.807, 2.05) is 19.9 Å². The largest absolute Gasteiger partial charge is 0.496 e. The summed E-state index contributed by atoms with van der Waals surface area (Å²) in [5.74, 6) is -0.0350. The zero-order chi connectivity index (χ0) is 15.6. The van der Waals surface area contributed by atoms with Crippen LogP contribution in [0.4, 0.5) is 0 Å². The normalized spacial score (nSPS) is 12.3. The SMILES string of the molecule is COc1ccc(CC(C)(C)C)cc1C(C)(C)CC(=O)O. The Morgan fingerprint density at radius 3 is 2.25 bits per heavy atom. The zero-order valence-corrected chi connectivity index (χ0v) is 13.4. The van der Waals surface area contributed by atoms with Crippen LogP contribution in [0.15, 0.2) is 18.2 Å². The van der Waals surface area contributed by atoms with Gasteiger partial charge in [-0.2, -0.15) is 0 Å². The van der Waals surface area contributed by atoms with Crippen LogP contribution < -0.4 is 4.74 Å². The van der Waals surface area contributed by atoms with Crippen LogP contribution >= 0.6 is 0 Å². The average molecular weight is 278 g/mol. The van der Waals surface area contributed by atoms with Crippen molar-refractivity contribution in [3.05, 3.63) is 29.3 Å². The third-order valence-corrected chi connectivity index (χ3v) is 3.32. The van der Waals surface area contributed by atoms with Crippen molar-refractivity contribution in [3.63, 3.8) is 0 Å². The maximum absolute atomic E-state index is 11.1. The predicted molar refractivity (Wildman–Crippen MR) is 81.4 cm³/mol. The van der Waals surface area contributed by atoms with E-state index in [0.717, 1.165) is 17.7 Å². The number of aliphatic carboxylic acids is 1. The molecule has 0 spiro atoms. The molecule has 0 unspecified atom stereocenters. The number of benzene rings is 1. The first-order chi connectivity index (χ1) is 9.05. The fraction of sp³-hybridized carbons (Fsp3) is 0.588. The van der Waals surface area contributed by atoms with E-state index in [1.165, 1.54) is 5.56 Å². The molecule has 0 aliphatic heterocycles. The molecule has 112 valence electrons. The van der Waals surface area contributed by atoms with Gasteiger partial charge in [0, 0.05) is 11.0 Å². The summed E-state index contributed by atoms with van der Waals surface area (Å²) in [6, 6.07) is 6.09. The van der Waals surface area contributed by atoms with Crippen molar-refractivity contribution in [1.82, 2.24) is 0 Å². The van der Waals surface area contributed by atoms with Gasteiger partial charge in [0.15, 0.2) is 0 Å². The summed E-state index contributed by atoms with van der Waals surface area (Å²) in [6.07, 6.45) is 1.04. The Hall–Kier alpha value is -1.51. The summed E-state index contributed by atoms with van der Waals surface area (Å²) in [4.78, 5) is 11.1. The molecule has 20 heavy (non-hydrogen) atoms. The highest BCUT2D eigenvalue weighted by Crippen LogP contribution is 2.36. The molecule has 0 bridgehead atoms. The van der Waals surface area contributed by atoms with Gasteiger partial charge in [0.2, 0.25) is 0 Å². The highest BCUT2D eigenvalue weighted by atomic mass is 16.5.